The van der Waals surface area contributed by atoms with Crippen LogP contribution in [0.5, 0.6) is 0 Å². The predicted octanol–water partition coefficient (Wildman–Crippen LogP) is 6.60. The van der Waals surface area contributed by atoms with Crippen LogP contribution in [0.4, 0.5) is 23.2 Å². The maximum Gasteiger partial charge on any atom is 0.248 e. The summed E-state index contributed by atoms with van der Waals surface area (Å²) < 4.78 is 63.0. The second-order valence-electron chi connectivity index (χ2n) is 10.1. The molecule has 2 aliphatic rings. The summed E-state index contributed by atoms with van der Waals surface area (Å²) in [5.74, 6) is -3.92. The van der Waals surface area contributed by atoms with E-state index < -0.39 is 23.6 Å². The highest BCUT2D eigenvalue weighted by atomic mass is 19.3. The number of rotatable bonds is 4. The lowest BCUT2D eigenvalue weighted by Gasteiger charge is -2.32. The number of hydrogen-bond donors (Lipinski definition) is 0. The standard InChI is InChI=1S/C27H25F4N5O2/c1-14-24(15(2)38-34-14)16-11-21-25(32-13-16)36(17-7-9-27(30,31)10-8-17)26(33-21)22-5-6-23(37)35(22)18-3-4-19(28)20(29)12-18/h3-4,11-13,17,22H,5-10H2,1-2H3. The SMILES string of the molecule is Cc1noc(C)c1-c1cnc2c(c1)nc(C1CCC(=O)N1c1ccc(F)c(F)c1)n2C1CCC(F)(F)CC1. The van der Waals surface area contributed by atoms with Crippen LogP contribution in [0.3, 0.4) is 0 Å². The number of carbonyl (C=O) groups excluding carboxylic acids is 1. The molecule has 1 amide bonds. The maximum atomic E-state index is 14.1. The minimum absolute atomic E-state index is 0.188. The number of pyridine rings is 1. The highest BCUT2D eigenvalue weighted by Crippen LogP contribution is 2.44. The van der Waals surface area contributed by atoms with E-state index >= 15 is 0 Å². The van der Waals surface area contributed by atoms with Crippen molar-refractivity contribution in [1.29, 1.82) is 0 Å². The number of halogens is 4. The number of aromatic nitrogens is 4. The molecule has 4 heterocycles. The van der Waals surface area contributed by atoms with E-state index in [-0.39, 0.29) is 49.7 Å². The molecule has 2 fully saturated rings. The van der Waals surface area contributed by atoms with E-state index in [1.165, 1.54) is 11.0 Å². The van der Waals surface area contributed by atoms with Gasteiger partial charge in [0.05, 0.1) is 11.7 Å². The van der Waals surface area contributed by atoms with Crippen molar-refractivity contribution in [2.45, 2.75) is 70.4 Å². The first-order valence-corrected chi connectivity index (χ1v) is 12.6. The number of benzene rings is 1. The summed E-state index contributed by atoms with van der Waals surface area (Å²) in [6.45, 7) is 3.63. The van der Waals surface area contributed by atoms with Gasteiger partial charge in [-0.3, -0.25) is 4.79 Å². The zero-order valence-corrected chi connectivity index (χ0v) is 20.8. The number of carbonyl (C=O) groups is 1. The topological polar surface area (TPSA) is 77.0 Å². The molecule has 198 valence electrons. The molecule has 38 heavy (non-hydrogen) atoms. The third-order valence-corrected chi connectivity index (χ3v) is 7.62. The molecule has 1 saturated heterocycles. The molecule has 1 aliphatic heterocycles. The molecule has 3 aromatic heterocycles. The Labute approximate surface area is 215 Å². The summed E-state index contributed by atoms with van der Waals surface area (Å²) in [5, 5.41) is 4.01. The first kappa shape index (κ1) is 24.6. The lowest BCUT2D eigenvalue weighted by molar-refractivity contribution is -0.117. The monoisotopic (exact) mass is 527 g/mol. The number of anilines is 1. The molecule has 0 radical (unpaired) electrons. The van der Waals surface area contributed by atoms with E-state index in [0.717, 1.165) is 23.3 Å². The molecule has 0 spiro atoms. The van der Waals surface area contributed by atoms with Gasteiger partial charge in [0.1, 0.15) is 17.1 Å². The Morgan fingerprint density at radius 2 is 1.82 bits per heavy atom. The summed E-state index contributed by atoms with van der Waals surface area (Å²) in [6.07, 6.45) is 2.19. The van der Waals surface area contributed by atoms with Crippen molar-refractivity contribution < 1.29 is 26.9 Å². The number of fused-ring (bicyclic) bond motifs is 1. The summed E-state index contributed by atoms with van der Waals surface area (Å²) in [6, 6.07) is 4.30. The van der Waals surface area contributed by atoms with Gasteiger partial charge in [0.2, 0.25) is 11.8 Å². The van der Waals surface area contributed by atoms with E-state index in [1.807, 2.05) is 17.6 Å². The summed E-state index contributed by atoms with van der Waals surface area (Å²) in [4.78, 5) is 24.0. The Hall–Kier alpha value is -3.76. The lowest BCUT2D eigenvalue weighted by atomic mass is 9.91. The molecule has 1 aliphatic carbocycles. The van der Waals surface area contributed by atoms with Crippen LogP contribution < -0.4 is 4.90 Å². The van der Waals surface area contributed by atoms with E-state index in [9.17, 15) is 22.4 Å². The largest absolute Gasteiger partial charge is 0.361 e. The quantitative estimate of drug-likeness (QED) is 0.280. The Bertz CT molecular complexity index is 1530. The van der Waals surface area contributed by atoms with E-state index in [4.69, 9.17) is 14.5 Å². The van der Waals surface area contributed by atoms with Crippen LogP contribution in [-0.4, -0.2) is 31.5 Å². The average Bonchev–Trinajstić information content (AvgIpc) is 3.55. The third-order valence-electron chi connectivity index (χ3n) is 7.62. The second kappa shape index (κ2) is 8.92. The lowest BCUT2D eigenvalue weighted by Crippen LogP contribution is -2.32. The fourth-order valence-electron chi connectivity index (χ4n) is 5.80. The van der Waals surface area contributed by atoms with Gasteiger partial charge < -0.3 is 14.0 Å². The van der Waals surface area contributed by atoms with Gasteiger partial charge in [0.15, 0.2) is 17.3 Å². The highest BCUT2D eigenvalue weighted by molar-refractivity contribution is 5.96. The first-order valence-electron chi connectivity index (χ1n) is 12.6. The summed E-state index contributed by atoms with van der Waals surface area (Å²) >= 11 is 0. The molecule has 0 bridgehead atoms. The molecule has 1 atom stereocenters. The van der Waals surface area contributed by atoms with E-state index in [2.05, 4.69) is 5.16 Å². The molecule has 6 rings (SSSR count). The summed E-state index contributed by atoms with van der Waals surface area (Å²) in [5.41, 5.74) is 3.53. The van der Waals surface area contributed by atoms with Gasteiger partial charge in [0, 0.05) is 54.4 Å². The van der Waals surface area contributed by atoms with Crippen LogP contribution in [-0.2, 0) is 4.79 Å². The molecule has 11 heteroatoms. The fourth-order valence-corrected chi connectivity index (χ4v) is 5.80. The van der Waals surface area contributed by atoms with Crippen LogP contribution in [0.1, 0.15) is 67.9 Å². The average molecular weight is 528 g/mol. The molecule has 4 aromatic rings. The van der Waals surface area contributed by atoms with Gasteiger partial charge in [0.25, 0.3) is 0 Å². The van der Waals surface area contributed by atoms with Crippen LogP contribution in [0.2, 0.25) is 0 Å². The van der Waals surface area contributed by atoms with E-state index in [0.29, 0.717) is 34.9 Å². The Kier molecular flexibility index (Phi) is 5.77. The van der Waals surface area contributed by atoms with Crippen molar-refractivity contribution >= 4 is 22.8 Å². The molecule has 1 unspecified atom stereocenters. The van der Waals surface area contributed by atoms with Crippen molar-refractivity contribution in [2.24, 2.45) is 0 Å². The Morgan fingerprint density at radius 3 is 2.50 bits per heavy atom. The number of aryl methyl sites for hydroxylation is 2. The van der Waals surface area contributed by atoms with E-state index in [1.54, 1.807) is 13.1 Å². The maximum absolute atomic E-state index is 14.1. The Balaban J connectivity index is 1.50. The zero-order valence-electron chi connectivity index (χ0n) is 20.8. The number of nitrogens with zero attached hydrogens (tertiary/aromatic N) is 5. The first-order chi connectivity index (χ1) is 18.1. The minimum atomic E-state index is -2.72. The molecule has 1 aromatic carbocycles. The molecular formula is C27H25F4N5O2. The molecule has 7 nitrogen and oxygen atoms in total. The van der Waals surface area contributed by atoms with Gasteiger partial charge in [-0.2, -0.15) is 0 Å². The number of hydrogen-bond acceptors (Lipinski definition) is 5. The highest BCUT2D eigenvalue weighted by Gasteiger charge is 2.41. The number of amides is 1. The van der Waals surface area contributed by atoms with Crippen molar-refractivity contribution in [3.8, 4) is 11.1 Å². The summed E-state index contributed by atoms with van der Waals surface area (Å²) in [7, 11) is 0. The number of imidazole rings is 1. The minimum Gasteiger partial charge on any atom is -0.361 e. The van der Waals surface area contributed by atoms with Crippen LogP contribution in [0, 0.1) is 25.5 Å². The Morgan fingerprint density at radius 1 is 1.05 bits per heavy atom. The second-order valence-corrected chi connectivity index (χ2v) is 10.1. The molecule has 1 saturated carbocycles. The van der Waals surface area contributed by atoms with Gasteiger partial charge in [-0.05, 0) is 51.3 Å². The van der Waals surface area contributed by atoms with Crippen molar-refractivity contribution in [1.82, 2.24) is 19.7 Å². The van der Waals surface area contributed by atoms with Crippen LogP contribution in [0.25, 0.3) is 22.3 Å². The van der Waals surface area contributed by atoms with Gasteiger partial charge >= 0.3 is 0 Å². The fraction of sp³-hybridized carbons (Fsp3) is 0.407. The van der Waals surface area contributed by atoms with Crippen LogP contribution in [0.15, 0.2) is 35.0 Å². The van der Waals surface area contributed by atoms with Gasteiger partial charge in [-0.15, -0.1) is 0 Å². The molecule has 0 N–H and O–H groups in total. The van der Waals surface area contributed by atoms with Crippen molar-refractivity contribution in [2.75, 3.05) is 4.90 Å². The molecular weight excluding hydrogens is 502 g/mol. The predicted molar refractivity (Wildman–Crippen MR) is 131 cm³/mol. The zero-order chi connectivity index (χ0) is 26.8. The van der Waals surface area contributed by atoms with Crippen molar-refractivity contribution in [3.63, 3.8) is 0 Å². The van der Waals surface area contributed by atoms with Crippen molar-refractivity contribution in [3.05, 3.63) is 59.4 Å². The van der Waals surface area contributed by atoms with Gasteiger partial charge in [-0.1, -0.05) is 5.16 Å². The third kappa shape index (κ3) is 4.04. The smallest absolute Gasteiger partial charge is 0.248 e. The normalized spacial score (nSPS) is 20.1. The number of alkyl halides is 2. The van der Waals surface area contributed by atoms with Crippen LogP contribution >= 0.6 is 0 Å². The van der Waals surface area contributed by atoms with Gasteiger partial charge in [-0.25, -0.2) is 27.5 Å².